The largest absolute Gasteiger partial charge is 0.508 e. The third kappa shape index (κ3) is 12.1. The summed E-state index contributed by atoms with van der Waals surface area (Å²) in [4.78, 5) is 41.0. The van der Waals surface area contributed by atoms with Gasteiger partial charge in [-0.25, -0.2) is 17.9 Å². The molecular formula is C39H54N4O8S2. The van der Waals surface area contributed by atoms with Crippen LogP contribution < -0.4 is 25.0 Å². The molecule has 2 amide bonds. The quantitative estimate of drug-likeness (QED) is 0.0729. The Kier molecular flexibility index (Phi) is 16.0. The summed E-state index contributed by atoms with van der Waals surface area (Å²) in [6.07, 6.45) is 6.69. The predicted molar refractivity (Wildman–Crippen MR) is 209 cm³/mol. The van der Waals surface area contributed by atoms with E-state index in [1.54, 1.807) is 31.9 Å². The van der Waals surface area contributed by atoms with Crippen LogP contribution in [0.3, 0.4) is 0 Å². The molecule has 0 saturated heterocycles. The van der Waals surface area contributed by atoms with Crippen molar-refractivity contribution in [2.24, 2.45) is 5.92 Å². The normalized spacial score (nSPS) is 12.9. The van der Waals surface area contributed by atoms with Gasteiger partial charge in [-0.3, -0.25) is 9.59 Å². The summed E-state index contributed by atoms with van der Waals surface area (Å²) in [7, 11) is -2.36. The van der Waals surface area contributed by atoms with Crippen LogP contribution in [0.2, 0.25) is 0 Å². The van der Waals surface area contributed by atoms with E-state index in [9.17, 15) is 33.0 Å². The van der Waals surface area contributed by atoms with E-state index in [2.05, 4.69) is 29.2 Å². The number of carbonyl (C=O) groups is 3. The number of hydrogen-bond acceptors (Lipinski definition) is 9. The Labute approximate surface area is 318 Å². The van der Waals surface area contributed by atoms with Crippen molar-refractivity contribution >= 4 is 50.9 Å². The molecule has 5 N–H and O–H groups in total. The lowest BCUT2D eigenvalue weighted by Gasteiger charge is -2.32. The number of nitrogens with one attached hydrogen (secondary N) is 3. The molecule has 0 aliphatic heterocycles. The van der Waals surface area contributed by atoms with Crippen LogP contribution in [0.4, 0.5) is 11.4 Å². The maximum Gasteiger partial charge on any atom is 0.326 e. The Bertz CT molecular complexity index is 1780. The highest BCUT2D eigenvalue weighted by Gasteiger charge is 2.34. The number of unbranched alkanes of at least 4 members (excludes halogenated alkanes) is 2. The van der Waals surface area contributed by atoms with Crippen molar-refractivity contribution in [3.8, 4) is 11.5 Å². The van der Waals surface area contributed by atoms with Crippen LogP contribution in [0.1, 0.15) is 84.7 Å². The summed E-state index contributed by atoms with van der Waals surface area (Å²) in [5, 5.41) is 24.6. The number of carbonyl (C=O) groups excluding carboxylic acids is 2. The number of carboxylic acid groups (broad SMARTS) is 1. The van der Waals surface area contributed by atoms with Gasteiger partial charge in [-0.15, -0.1) is 11.8 Å². The third-order valence-electron chi connectivity index (χ3n) is 8.97. The number of rotatable bonds is 21. The first kappa shape index (κ1) is 43.1. The second kappa shape index (κ2) is 19.7. The Morgan fingerprint density at radius 3 is 2.08 bits per heavy atom. The van der Waals surface area contributed by atoms with Crippen LogP contribution in [-0.2, 0) is 24.4 Å². The van der Waals surface area contributed by atoms with E-state index in [0.29, 0.717) is 29.0 Å². The molecule has 290 valence electrons. The molecule has 0 aliphatic carbocycles. The molecule has 0 fully saturated rings. The highest BCUT2D eigenvalue weighted by Crippen LogP contribution is 2.40. The maximum absolute atomic E-state index is 14.4. The first-order valence-corrected chi connectivity index (χ1v) is 20.6. The fraction of sp³-hybridized carbons (Fsp3) is 0.462. The van der Waals surface area contributed by atoms with Gasteiger partial charge in [0.25, 0.3) is 5.91 Å². The number of phenolic OH excluding ortho intramolecular Hbond substituents is 1. The molecule has 2 atom stereocenters. The molecule has 3 aromatic carbocycles. The zero-order chi connectivity index (χ0) is 39.3. The van der Waals surface area contributed by atoms with Gasteiger partial charge in [-0.2, -0.15) is 0 Å². The summed E-state index contributed by atoms with van der Waals surface area (Å²) in [6.45, 7) is 8.78. The maximum atomic E-state index is 14.4. The van der Waals surface area contributed by atoms with Crippen molar-refractivity contribution in [3.05, 3.63) is 72.3 Å². The summed E-state index contributed by atoms with van der Waals surface area (Å²) in [6, 6.07) is 15.6. The van der Waals surface area contributed by atoms with E-state index in [1.807, 2.05) is 43.5 Å². The number of carboxylic acids is 1. The summed E-state index contributed by atoms with van der Waals surface area (Å²) < 4.78 is 37.9. The molecule has 0 aromatic heterocycles. The first-order chi connectivity index (χ1) is 25.0. The number of para-hydroxylation sites is 1. The van der Waals surface area contributed by atoms with Gasteiger partial charge in [-0.1, -0.05) is 83.7 Å². The molecule has 3 aromatic rings. The van der Waals surface area contributed by atoms with E-state index in [-0.39, 0.29) is 16.4 Å². The highest BCUT2D eigenvalue weighted by molar-refractivity contribution is 7.98. The van der Waals surface area contributed by atoms with Crippen LogP contribution >= 0.6 is 11.8 Å². The summed E-state index contributed by atoms with van der Waals surface area (Å²) in [5.41, 5.74) is 0.796. The average molecular weight is 771 g/mol. The molecular weight excluding hydrogens is 717 g/mol. The number of nitrogens with zero attached hydrogens (tertiary/aromatic N) is 1. The van der Waals surface area contributed by atoms with Crippen LogP contribution in [0.5, 0.6) is 11.5 Å². The molecule has 0 unspecified atom stereocenters. The lowest BCUT2D eigenvalue weighted by atomic mass is 9.90. The number of aliphatic carboxylic acids is 1. The predicted octanol–water partition coefficient (Wildman–Crippen LogP) is 6.76. The van der Waals surface area contributed by atoms with Gasteiger partial charge in [0.15, 0.2) is 6.61 Å². The lowest BCUT2D eigenvalue weighted by Crippen LogP contribution is -2.49. The third-order valence-corrected chi connectivity index (χ3v) is 11.4. The number of hydrogen-bond donors (Lipinski definition) is 5. The summed E-state index contributed by atoms with van der Waals surface area (Å²) >= 11 is 1.32. The van der Waals surface area contributed by atoms with Crippen LogP contribution in [-0.4, -0.2) is 67.9 Å². The zero-order valence-corrected chi connectivity index (χ0v) is 33.3. The number of amides is 2. The molecule has 0 radical (unpaired) electrons. The Hall–Kier alpha value is -4.27. The number of anilines is 2. The van der Waals surface area contributed by atoms with E-state index in [1.165, 1.54) is 42.1 Å². The van der Waals surface area contributed by atoms with Gasteiger partial charge in [0, 0.05) is 24.3 Å². The van der Waals surface area contributed by atoms with Crippen molar-refractivity contribution in [2.45, 2.75) is 101 Å². The number of aromatic hydroxyl groups is 1. The second-order valence-corrected chi connectivity index (χ2v) is 16.2. The van der Waals surface area contributed by atoms with E-state index in [0.717, 1.165) is 31.4 Å². The lowest BCUT2D eigenvalue weighted by molar-refractivity contribution is -0.143. The Morgan fingerprint density at radius 1 is 0.943 bits per heavy atom. The van der Waals surface area contributed by atoms with E-state index in [4.69, 9.17) is 4.74 Å². The summed E-state index contributed by atoms with van der Waals surface area (Å²) in [5.74, 6) is -3.07. The van der Waals surface area contributed by atoms with Crippen molar-refractivity contribution in [3.63, 3.8) is 0 Å². The fourth-order valence-electron chi connectivity index (χ4n) is 5.87. The van der Waals surface area contributed by atoms with Crippen molar-refractivity contribution < 1.29 is 37.8 Å². The van der Waals surface area contributed by atoms with Gasteiger partial charge in [-0.05, 0) is 67.8 Å². The molecule has 3 rings (SSSR count). The number of sulfonamides is 1. The molecule has 0 heterocycles. The minimum absolute atomic E-state index is 0.0222. The van der Waals surface area contributed by atoms with Crippen LogP contribution in [0.25, 0.3) is 0 Å². The highest BCUT2D eigenvalue weighted by atomic mass is 32.2. The Morgan fingerprint density at radius 2 is 1.55 bits per heavy atom. The van der Waals surface area contributed by atoms with Crippen molar-refractivity contribution in [1.29, 1.82) is 0 Å². The topological polar surface area (TPSA) is 174 Å². The molecule has 0 aliphatic rings. The average Bonchev–Trinajstić information content (AvgIpc) is 3.13. The van der Waals surface area contributed by atoms with Gasteiger partial charge in [0.1, 0.15) is 28.5 Å². The standard InChI is InChI=1S/C39H54N4O8S2/c1-8-10-21-39(5,22-11-9-2)42-53(49,50)33-24-31(32(52-7)23-30(33)43(6)28-15-13-12-14-16-28)51-25-34(45)40-36(27-17-19-29(44)20-18-27)37(46)41-35(26(3)4)38(47)48/h12-20,23-24,26,35-36,42,44H,8-11,21-22,25H2,1-7H3,(H,40,45)(H,41,46)(H,47,48)/t35-,36+/m0/s1. The molecule has 53 heavy (non-hydrogen) atoms. The van der Waals surface area contributed by atoms with E-state index >= 15 is 0 Å². The van der Waals surface area contributed by atoms with Gasteiger partial charge >= 0.3 is 5.97 Å². The second-order valence-electron chi connectivity index (χ2n) is 13.7. The van der Waals surface area contributed by atoms with Crippen molar-refractivity contribution in [1.82, 2.24) is 15.4 Å². The zero-order valence-electron chi connectivity index (χ0n) is 31.6. The number of thioether (sulfide) groups is 1. The minimum Gasteiger partial charge on any atom is -0.508 e. The number of ether oxygens (including phenoxy) is 1. The van der Waals surface area contributed by atoms with Crippen molar-refractivity contribution in [2.75, 3.05) is 24.8 Å². The van der Waals surface area contributed by atoms with Gasteiger partial charge in [0.2, 0.25) is 15.9 Å². The molecule has 0 spiro atoms. The van der Waals surface area contributed by atoms with Gasteiger partial charge in [0.05, 0.1) is 10.6 Å². The fourth-order valence-corrected chi connectivity index (χ4v) is 8.12. The number of benzene rings is 3. The van der Waals surface area contributed by atoms with E-state index < -0.39 is 58.0 Å². The van der Waals surface area contributed by atoms with Gasteiger partial charge < -0.3 is 30.5 Å². The van der Waals surface area contributed by atoms with Crippen LogP contribution in [0.15, 0.2) is 76.5 Å². The molecule has 0 saturated carbocycles. The first-order valence-electron chi connectivity index (χ1n) is 17.8. The minimum atomic E-state index is -4.15. The smallest absolute Gasteiger partial charge is 0.326 e. The molecule has 12 nitrogen and oxygen atoms in total. The van der Waals surface area contributed by atoms with Crippen LogP contribution in [0, 0.1) is 5.92 Å². The molecule has 0 bridgehead atoms. The molecule has 14 heteroatoms. The monoisotopic (exact) mass is 770 g/mol. The Balaban J connectivity index is 2.02. The SMILES string of the molecule is CCCCC(C)(CCCC)NS(=O)(=O)c1cc(OCC(=O)N[C@@H](C(=O)N[C@H](C(=O)O)C(C)C)c2ccc(O)cc2)c(SC)cc1N(C)c1ccccc1. The number of phenols is 1.